The van der Waals surface area contributed by atoms with Gasteiger partial charge in [0.1, 0.15) is 17.5 Å². The van der Waals surface area contributed by atoms with Crippen molar-refractivity contribution in [3.63, 3.8) is 0 Å². The maximum absolute atomic E-state index is 13.9. The molecule has 0 aliphatic rings. The fraction of sp³-hybridized carbons (Fsp3) is 0. The number of nitrogens with zero attached hydrogens (tertiary/aromatic N) is 2. The second kappa shape index (κ2) is 7.37. The molecule has 1 heterocycles. The SMILES string of the molecule is O=c1c2ccccc2nc(/C=C/c2ccccc2F)n1-c1ccc(F)c(Cl)c1. The highest BCUT2D eigenvalue weighted by atomic mass is 35.5. The van der Waals surface area contributed by atoms with Gasteiger partial charge >= 0.3 is 0 Å². The number of hydrogen-bond acceptors (Lipinski definition) is 2. The third kappa shape index (κ3) is 3.32. The number of aromatic nitrogens is 2. The van der Waals surface area contributed by atoms with E-state index in [1.807, 2.05) is 0 Å². The summed E-state index contributed by atoms with van der Waals surface area (Å²) in [4.78, 5) is 17.6. The molecule has 0 unspecified atom stereocenters. The second-order valence-corrected chi connectivity index (χ2v) is 6.49. The van der Waals surface area contributed by atoms with Crippen molar-refractivity contribution >= 4 is 34.7 Å². The molecule has 0 atom stereocenters. The van der Waals surface area contributed by atoms with Gasteiger partial charge in [0.05, 0.1) is 21.6 Å². The third-order valence-electron chi connectivity index (χ3n) is 4.28. The molecular weight excluding hydrogens is 382 g/mol. The van der Waals surface area contributed by atoms with Crippen LogP contribution >= 0.6 is 11.6 Å². The number of para-hydroxylation sites is 1. The highest BCUT2D eigenvalue weighted by Gasteiger charge is 2.12. The van der Waals surface area contributed by atoms with Crippen LogP contribution in [0.2, 0.25) is 5.02 Å². The maximum atomic E-state index is 13.9. The van der Waals surface area contributed by atoms with Crippen molar-refractivity contribution in [1.29, 1.82) is 0 Å². The lowest BCUT2D eigenvalue weighted by Gasteiger charge is -2.12. The van der Waals surface area contributed by atoms with Crippen LogP contribution in [-0.4, -0.2) is 9.55 Å². The highest BCUT2D eigenvalue weighted by molar-refractivity contribution is 6.30. The van der Waals surface area contributed by atoms with E-state index in [0.717, 1.165) is 0 Å². The molecule has 0 bridgehead atoms. The van der Waals surface area contributed by atoms with Gasteiger partial charge in [0.25, 0.3) is 5.56 Å². The van der Waals surface area contributed by atoms with E-state index in [0.29, 0.717) is 22.2 Å². The van der Waals surface area contributed by atoms with Gasteiger partial charge in [-0.2, -0.15) is 0 Å². The zero-order chi connectivity index (χ0) is 19.7. The normalized spacial score (nSPS) is 11.4. The summed E-state index contributed by atoms with van der Waals surface area (Å²) in [7, 11) is 0. The Kier molecular flexibility index (Phi) is 4.75. The van der Waals surface area contributed by atoms with Crippen molar-refractivity contribution < 1.29 is 8.78 Å². The van der Waals surface area contributed by atoms with E-state index in [9.17, 15) is 13.6 Å². The molecule has 3 nitrogen and oxygen atoms in total. The van der Waals surface area contributed by atoms with Crippen LogP contribution < -0.4 is 5.56 Å². The molecule has 0 fully saturated rings. The molecule has 4 rings (SSSR count). The van der Waals surface area contributed by atoms with Crippen LogP contribution in [0.15, 0.2) is 71.5 Å². The van der Waals surface area contributed by atoms with Crippen molar-refractivity contribution in [3.8, 4) is 5.69 Å². The van der Waals surface area contributed by atoms with Gasteiger partial charge in [0, 0.05) is 5.56 Å². The molecule has 0 aliphatic heterocycles. The van der Waals surface area contributed by atoms with Crippen LogP contribution in [0, 0.1) is 11.6 Å². The van der Waals surface area contributed by atoms with Gasteiger partial charge in [0.15, 0.2) is 0 Å². The Morgan fingerprint density at radius 1 is 0.893 bits per heavy atom. The van der Waals surface area contributed by atoms with Crippen molar-refractivity contribution in [2.45, 2.75) is 0 Å². The first kappa shape index (κ1) is 18.1. The number of rotatable bonds is 3. The number of halogens is 3. The minimum Gasteiger partial charge on any atom is -0.268 e. The molecule has 0 spiro atoms. The molecule has 0 N–H and O–H groups in total. The molecule has 0 aliphatic carbocycles. The van der Waals surface area contributed by atoms with E-state index in [1.54, 1.807) is 48.5 Å². The smallest absolute Gasteiger partial charge is 0.266 e. The molecule has 138 valence electrons. The highest BCUT2D eigenvalue weighted by Crippen LogP contribution is 2.21. The summed E-state index contributed by atoms with van der Waals surface area (Å²) in [6.07, 6.45) is 3.08. The number of hydrogen-bond donors (Lipinski definition) is 0. The fourth-order valence-electron chi connectivity index (χ4n) is 2.91. The second-order valence-electron chi connectivity index (χ2n) is 6.08. The predicted octanol–water partition coefficient (Wildman–Crippen LogP) is 5.49. The van der Waals surface area contributed by atoms with Crippen LogP contribution in [0.5, 0.6) is 0 Å². The summed E-state index contributed by atoms with van der Waals surface area (Å²) in [6.45, 7) is 0. The van der Waals surface area contributed by atoms with Crippen LogP contribution in [0.3, 0.4) is 0 Å². The van der Waals surface area contributed by atoms with Crippen molar-refractivity contribution in [3.05, 3.63) is 105 Å². The van der Waals surface area contributed by atoms with E-state index < -0.39 is 11.6 Å². The zero-order valence-corrected chi connectivity index (χ0v) is 15.2. The van der Waals surface area contributed by atoms with E-state index >= 15 is 0 Å². The summed E-state index contributed by atoms with van der Waals surface area (Å²) in [6, 6.07) is 17.2. The van der Waals surface area contributed by atoms with Crippen LogP contribution in [0.1, 0.15) is 11.4 Å². The molecule has 28 heavy (non-hydrogen) atoms. The predicted molar refractivity (Wildman–Crippen MR) is 108 cm³/mol. The summed E-state index contributed by atoms with van der Waals surface area (Å²) >= 11 is 5.90. The zero-order valence-electron chi connectivity index (χ0n) is 14.4. The van der Waals surface area contributed by atoms with Crippen molar-refractivity contribution in [2.75, 3.05) is 0 Å². The van der Waals surface area contributed by atoms with E-state index in [2.05, 4.69) is 4.98 Å². The minimum atomic E-state index is -0.587. The fourth-order valence-corrected chi connectivity index (χ4v) is 3.08. The Morgan fingerprint density at radius 3 is 2.43 bits per heavy atom. The molecule has 0 radical (unpaired) electrons. The minimum absolute atomic E-state index is 0.110. The van der Waals surface area contributed by atoms with Gasteiger partial charge in [-0.05, 0) is 48.6 Å². The Balaban J connectivity index is 1.97. The molecule has 6 heteroatoms. The summed E-state index contributed by atoms with van der Waals surface area (Å²) in [5.41, 5.74) is 0.892. The Hall–Kier alpha value is -3.31. The third-order valence-corrected chi connectivity index (χ3v) is 4.57. The lowest BCUT2D eigenvalue weighted by molar-refractivity contribution is 0.625. The van der Waals surface area contributed by atoms with Crippen LogP contribution in [0.4, 0.5) is 8.78 Å². The Bertz CT molecular complexity index is 1280. The maximum Gasteiger partial charge on any atom is 0.266 e. The van der Waals surface area contributed by atoms with E-state index in [1.165, 1.54) is 34.9 Å². The number of benzene rings is 3. The van der Waals surface area contributed by atoms with E-state index in [-0.39, 0.29) is 16.4 Å². The molecule has 0 amide bonds. The van der Waals surface area contributed by atoms with Gasteiger partial charge in [-0.15, -0.1) is 0 Å². The van der Waals surface area contributed by atoms with Crippen molar-refractivity contribution in [1.82, 2.24) is 9.55 Å². The average molecular weight is 395 g/mol. The first-order valence-electron chi connectivity index (χ1n) is 8.44. The standard InChI is InChI=1S/C22H13ClF2N2O/c23-17-13-15(10-11-19(17)25)27-21(12-9-14-5-1-3-7-18(14)24)26-20-8-4-2-6-16(20)22(27)28/h1-13H/b12-9+. The lowest BCUT2D eigenvalue weighted by Crippen LogP contribution is -2.22. The largest absolute Gasteiger partial charge is 0.268 e. The Labute approximate surface area is 164 Å². The van der Waals surface area contributed by atoms with Gasteiger partial charge in [-0.1, -0.05) is 41.9 Å². The first-order valence-corrected chi connectivity index (χ1v) is 8.82. The van der Waals surface area contributed by atoms with Crippen LogP contribution in [-0.2, 0) is 0 Å². The molecule has 1 aromatic heterocycles. The molecular formula is C22H13ClF2N2O. The van der Waals surface area contributed by atoms with Gasteiger partial charge in [0.2, 0.25) is 0 Å². The van der Waals surface area contributed by atoms with Gasteiger partial charge < -0.3 is 0 Å². The van der Waals surface area contributed by atoms with Gasteiger partial charge in [-0.3, -0.25) is 9.36 Å². The number of fused-ring (bicyclic) bond motifs is 1. The topological polar surface area (TPSA) is 34.9 Å². The van der Waals surface area contributed by atoms with E-state index in [4.69, 9.17) is 11.6 Å². The Morgan fingerprint density at radius 2 is 1.64 bits per heavy atom. The van der Waals surface area contributed by atoms with Gasteiger partial charge in [-0.25, -0.2) is 13.8 Å². The van der Waals surface area contributed by atoms with Crippen molar-refractivity contribution in [2.24, 2.45) is 0 Å². The summed E-state index contributed by atoms with van der Waals surface area (Å²) in [5.74, 6) is -0.705. The molecule has 0 saturated heterocycles. The quantitative estimate of drug-likeness (QED) is 0.460. The summed E-state index contributed by atoms with van der Waals surface area (Å²) < 4.78 is 28.9. The molecule has 0 saturated carbocycles. The molecule has 3 aromatic carbocycles. The average Bonchev–Trinajstić information content (AvgIpc) is 2.70. The summed E-state index contributed by atoms with van der Waals surface area (Å²) in [5, 5.41) is 0.299. The molecule has 4 aromatic rings. The van der Waals surface area contributed by atoms with Crippen LogP contribution in [0.25, 0.3) is 28.7 Å². The monoisotopic (exact) mass is 394 g/mol. The first-order chi connectivity index (χ1) is 13.5. The lowest BCUT2D eigenvalue weighted by atomic mass is 10.2.